The largest absolute Gasteiger partial charge is 0.481 e. The average molecular weight is 799 g/mol. The van der Waals surface area contributed by atoms with Crippen LogP contribution in [0.1, 0.15) is 90.3 Å². The number of ether oxygens (including phenoxy) is 1. The summed E-state index contributed by atoms with van der Waals surface area (Å²) in [5, 5.41) is 1.18. The van der Waals surface area contributed by atoms with E-state index in [9.17, 15) is 0 Å². The Morgan fingerprint density at radius 2 is 1.05 bits per heavy atom. The van der Waals surface area contributed by atoms with Crippen LogP contribution in [0.2, 0.25) is 0 Å². The summed E-state index contributed by atoms with van der Waals surface area (Å²) in [4.78, 5) is 0. The molecule has 62 heavy (non-hydrogen) atoms. The van der Waals surface area contributed by atoms with E-state index in [1.54, 1.807) is 0 Å². The highest BCUT2D eigenvalue weighted by Crippen LogP contribution is 2.54. The number of fused-ring (bicyclic) bond motifs is 13. The average Bonchev–Trinajstić information content (AvgIpc) is 4.01. The zero-order valence-electron chi connectivity index (χ0n) is 35.6. The van der Waals surface area contributed by atoms with Crippen molar-refractivity contribution in [1.29, 1.82) is 0 Å². The van der Waals surface area contributed by atoms with E-state index >= 15 is 0 Å². The molecule has 0 amide bonds. The van der Waals surface area contributed by atoms with Crippen LogP contribution in [-0.2, 0) is 17.3 Å². The summed E-state index contributed by atoms with van der Waals surface area (Å²) >= 11 is 0. The molecular weight excluding hydrogens is 753 g/mol. The normalized spacial score (nSPS) is 19.0. The molecule has 7 aromatic carbocycles. The van der Waals surface area contributed by atoms with Crippen molar-refractivity contribution < 1.29 is 9.15 Å². The maximum Gasteiger partial charge on any atom is 0.177 e. The Bertz CT molecular complexity index is 3310. The highest BCUT2D eigenvalue weighted by atomic mass is 16.5. The zero-order chi connectivity index (χ0) is 41.5. The van der Waals surface area contributed by atoms with Crippen LogP contribution >= 0.6 is 0 Å². The first-order valence-corrected chi connectivity index (χ1v) is 22.3. The Balaban J connectivity index is 0.789. The Morgan fingerprint density at radius 3 is 1.65 bits per heavy atom. The second-order valence-corrected chi connectivity index (χ2v) is 19.1. The van der Waals surface area contributed by atoms with Gasteiger partial charge >= 0.3 is 0 Å². The Hall–Kier alpha value is -6.90. The number of allylic oxidation sites excluding steroid dienone is 3. The molecule has 0 radical (unpaired) electrons. The molecule has 13 rings (SSSR count). The van der Waals surface area contributed by atoms with Crippen LogP contribution < -0.4 is 4.74 Å². The van der Waals surface area contributed by atoms with Crippen molar-refractivity contribution in [3.63, 3.8) is 0 Å². The quantitative estimate of drug-likeness (QED) is 0.177. The highest BCUT2D eigenvalue weighted by Gasteiger charge is 2.40. The molecule has 0 fully saturated rings. The predicted molar refractivity (Wildman–Crippen MR) is 256 cm³/mol. The van der Waals surface area contributed by atoms with Gasteiger partial charge in [0.05, 0.1) is 0 Å². The van der Waals surface area contributed by atoms with Crippen molar-refractivity contribution >= 4 is 28.2 Å². The second kappa shape index (κ2) is 12.8. The van der Waals surface area contributed by atoms with Gasteiger partial charge in [-0.3, -0.25) is 0 Å². The molecule has 0 spiro atoms. The first kappa shape index (κ1) is 35.8. The zero-order valence-corrected chi connectivity index (χ0v) is 35.6. The van der Waals surface area contributed by atoms with Crippen molar-refractivity contribution in [2.75, 3.05) is 0 Å². The fraction of sp³-hybridized carbons (Fsp3) is 0.167. The van der Waals surface area contributed by atoms with E-state index in [1.807, 2.05) is 0 Å². The molecule has 298 valence electrons. The van der Waals surface area contributed by atoms with E-state index in [-0.39, 0.29) is 22.9 Å². The third-order valence-corrected chi connectivity index (χ3v) is 15.0. The molecule has 8 aromatic rings. The summed E-state index contributed by atoms with van der Waals surface area (Å²) in [5.41, 5.74) is 24.2. The fourth-order valence-corrected chi connectivity index (χ4v) is 11.5. The maximum absolute atomic E-state index is 6.90. The summed E-state index contributed by atoms with van der Waals surface area (Å²) in [6.45, 7) is 9.49. The van der Waals surface area contributed by atoms with Crippen LogP contribution in [0.15, 0.2) is 168 Å². The van der Waals surface area contributed by atoms with Crippen LogP contribution in [0, 0.1) is 0 Å². The number of hydrogen-bond acceptors (Lipinski definition) is 2. The lowest BCUT2D eigenvalue weighted by Gasteiger charge is -2.23. The molecule has 2 unspecified atom stereocenters. The summed E-state index contributed by atoms with van der Waals surface area (Å²) in [6, 6.07) is 54.1. The van der Waals surface area contributed by atoms with Crippen molar-refractivity contribution in [2.24, 2.45) is 0 Å². The van der Waals surface area contributed by atoms with Gasteiger partial charge in [-0.05, 0) is 138 Å². The topological polar surface area (TPSA) is 22.4 Å². The minimum absolute atomic E-state index is 0.0848. The standard InChI is InChI=1S/C60H46O2/c1-59(2)51-29-37(35-11-7-5-8-12-35)15-21-43(51)45-23-17-39(31-53(45)59)41-19-25-47-49-27-28-50-48-26-20-42(34-56(48)62-58(50)57(49)61-55(47)33-41)40-18-24-46-44-22-16-38(36-13-9-6-10-14-36)30-52(44)60(3,4)54(46)32-40/h5-19,21-25,27-34,47,55H,20,26H2,1-4H3. The van der Waals surface area contributed by atoms with E-state index < -0.39 is 0 Å². The van der Waals surface area contributed by atoms with Crippen LogP contribution in [0.3, 0.4) is 0 Å². The minimum atomic E-state index is -0.110. The number of furan rings is 1. The van der Waals surface area contributed by atoms with Gasteiger partial charge in [0.2, 0.25) is 0 Å². The van der Waals surface area contributed by atoms with Gasteiger partial charge in [-0.15, -0.1) is 0 Å². The number of aryl methyl sites for hydroxylation is 1. The first-order valence-electron chi connectivity index (χ1n) is 22.3. The lowest BCUT2D eigenvalue weighted by molar-refractivity contribution is 0.269. The smallest absolute Gasteiger partial charge is 0.177 e. The molecule has 0 N–H and O–H groups in total. The Labute approximate surface area is 363 Å². The molecule has 2 atom stereocenters. The minimum Gasteiger partial charge on any atom is -0.481 e. The van der Waals surface area contributed by atoms with E-state index in [4.69, 9.17) is 9.15 Å². The number of hydrogen-bond donors (Lipinski definition) is 0. The van der Waals surface area contributed by atoms with Gasteiger partial charge < -0.3 is 9.15 Å². The molecule has 2 nitrogen and oxygen atoms in total. The molecule has 2 heterocycles. The van der Waals surface area contributed by atoms with Gasteiger partial charge in [0.1, 0.15) is 11.9 Å². The first-order chi connectivity index (χ1) is 30.2. The lowest BCUT2D eigenvalue weighted by Crippen LogP contribution is -2.18. The van der Waals surface area contributed by atoms with Gasteiger partial charge in [0.25, 0.3) is 0 Å². The summed E-state index contributed by atoms with van der Waals surface area (Å²) in [5.74, 6) is 2.02. The predicted octanol–water partition coefficient (Wildman–Crippen LogP) is 15.4. The number of rotatable bonds is 4. The molecule has 4 aliphatic carbocycles. The SMILES string of the molecule is CC1(C)c2cc(C3=CC4Oc5c(ccc6c7c(oc56)C=C(c5ccc6c(c5)C(C)(C)c5cc(-c8ccccc8)ccc5-6)CC7)C4C=C3)ccc2-c2ccc(-c3ccccc3)cc21. The van der Waals surface area contributed by atoms with E-state index in [0.717, 1.165) is 29.9 Å². The fourth-order valence-electron chi connectivity index (χ4n) is 11.5. The highest BCUT2D eigenvalue weighted by molar-refractivity contribution is 5.96. The van der Waals surface area contributed by atoms with Crippen LogP contribution in [0.4, 0.5) is 0 Å². The molecule has 5 aliphatic rings. The molecule has 0 saturated carbocycles. The van der Waals surface area contributed by atoms with Crippen LogP contribution in [0.5, 0.6) is 5.75 Å². The van der Waals surface area contributed by atoms with Crippen molar-refractivity contribution in [1.82, 2.24) is 0 Å². The molecule has 0 saturated heterocycles. The maximum atomic E-state index is 6.90. The lowest BCUT2D eigenvalue weighted by atomic mass is 9.80. The van der Waals surface area contributed by atoms with Gasteiger partial charge in [-0.2, -0.15) is 0 Å². The third kappa shape index (κ3) is 5.10. The number of benzene rings is 7. The molecule has 2 heteroatoms. The van der Waals surface area contributed by atoms with Crippen molar-refractivity contribution in [3.8, 4) is 50.3 Å². The monoisotopic (exact) mass is 798 g/mol. The van der Waals surface area contributed by atoms with Gasteiger partial charge in [0, 0.05) is 33.3 Å². The molecule has 1 aromatic heterocycles. The Morgan fingerprint density at radius 1 is 0.516 bits per heavy atom. The van der Waals surface area contributed by atoms with E-state index in [2.05, 4.69) is 198 Å². The molecule has 1 aliphatic heterocycles. The van der Waals surface area contributed by atoms with Gasteiger partial charge in [-0.1, -0.05) is 161 Å². The van der Waals surface area contributed by atoms with Gasteiger partial charge in [0.15, 0.2) is 11.3 Å². The summed E-state index contributed by atoms with van der Waals surface area (Å²) in [7, 11) is 0. The third-order valence-electron chi connectivity index (χ3n) is 15.0. The Kier molecular flexibility index (Phi) is 7.40. The summed E-state index contributed by atoms with van der Waals surface area (Å²) in [6.07, 6.45) is 11.1. The van der Waals surface area contributed by atoms with E-state index in [0.29, 0.717) is 0 Å². The molecule has 0 bridgehead atoms. The van der Waals surface area contributed by atoms with E-state index in [1.165, 1.54) is 106 Å². The second-order valence-electron chi connectivity index (χ2n) is 19.1. The van der Waals surface area contributed by atoms with Crippen LogP contribution in [0.25, 0.3) is 72.7 Å². The summed E-state index contributed by atoms with van der Waals surface area (Å²) < 4.78 is 13.7. The van der Waals surface area contributed by atoms with Crippen molar-refractivity contribution in [2.45, 2.75) is 63.4 Å². The molecular formula is C60H46O2. The van der Waals surface area contributed by atoms with Gasteiger partial charge in [-0.25, -0.2) is 0 Å². The van der Waals surface area contributed by atoms with Crippen molar-refractivity contribution in [3.05, 3.63) is 214 Å². The van der Waals surface area contributed by atoms with Crippen LogP contribution in [-0.4, -0.2) is 6.10 Å².